The average Bonchev–Trinajstić information content (AvgIpc) is 3.42. The summed E-state index contributed by atoms with van der Waals surface area (Å²) in [7, 11) is 0. The first kappa shape index (κ1) is 16.9. The van der Waals surface area contributed by atoms with Crippen LogP contribution in [0.5, 0.6) is 11.5 Å². The van der Waals surface area contributed by atoms with Crippen molar-refractivity contribution in [3.8, 4) is 11.5 Å². The first-order valence-electron chi connectivity index (χ1n) is 9.75. The molecule has 4 aromatic rings. The van der Waals surface area contributed by atoms with Gasteiger partial charge in [0, 0.05) is 24.6 Å². The number of ether oxygens (including phenoxy) is 2. The van der Waals surface area contributed by atoms with Gasteiger partial charge in [-0.3, -0.25) is 4.79 Å². The van der Waals surface area contributed by atoms with Gasteiger partial charge in [0.1, 0.15) is 17.5 Å². The predicted molar refractivity (Wildman–Crippen MR) is 110 cm³/mol. The lowest BCUT2D eigenvalue weighted by molar-refractivity contribution is 0.0663. The molecule has 0 unspecified atom stereocenters. The molecule has 0 aliphatic carbocycles. The third kappa shape index (κ3) is 2.67. The van der Waals surface area contributed by atoms with E-state index in [4.69, 9.17) is 14.5 Å². The number of para-hydroxylation sites is 1. The van der Waals surface area contributed by atoms with E-state index in [0.29, 0.717) is 17.9 Å². The molecule has 2 aromatic heterocycles. The van der Waals surface area contributed by atoms with Crippen molar-refractivity contribution in [1.29, 1.82) is 0 Å². The Morgan fingerprint density at radius 2 is 1.90 bits per heavy atom. The standard InChI is InChI=1S/C23H18N4O3/c28-23-16-5-1-2-6-17(16)25-22(18-13-26-10-4-3-7-21(26)24-18)27(23)12-15-8-9-19-20(11-15)30-14-29-19/h1-11,13,22,25H,12,14H2/t22-/m0/s1. The Balaban J connectivity index is 1.42. The largest absolute Gasteiger partial charge is 0.454 e. The Morgan fingerprint density at radius 1 is 1.03 bits per heavy atom. The summed E-state index contributed by atoms with van der Waals surface area (Å²) in [6, 6.07) is 19.2. The minimum atomic E-state index is -0.391. The molecule has 2 aliphatic heterocycles. The zero-order valence-corrected chi connectivity index (χ0v) is 16.0. The molecule has 30 heavy (non-hydrogen) atoms. The van der Waals surface area contributed by atoms with Crippen molar-refractivity contribution in [3.63, 3.8) is 0 Å². The number of hydrogen-bond donors (Lipinski definition) is 1. The number of anilines is 1. The van der Waals surface area contributed by atoms with Gasteiger partial charge in [0.25, 0.3) is 5.91 Å². The molecule has 0 fully saturated rings. The number of benzene rings is 2. The maximum absolute atomic E-state index is 13.4. The second-order valence-corrected chi connectivity index (χ2v) is 7.35. The average molecular weight is 398 g/mol. The smallest absolute Gasteiger partial charge is 0.258 e. The molecule has 0 saturated heterocycles. The third-order valence-corrected chi connectivity index (χ3v) is 5.47. The van der Waals surface area contributed by atoms with E-state index in [9.17, 15) is 4.79 Å². The summed E-state index contributed by atoms with van der Waals surface area (Å²) in [5.41, 5.74) is 4.04. The fourth-order valence-corrected chi connectivity index (χ4v) is 4.01. The number of pyridine rings is 1. The quantitative estimate of drug-likeness (QED) is 0.568. The van der Waals surface area contributed by atoms with Gasteiger partial charge in [-0.2, -0.15) is 0 Å². The zero-order chi connectivity index (χ0) is 20.1. The van der Waals surface area contributed by atoms with Crippen molar-refractivity contribution < 1.29 is 14.3 Å². The molecule has 7 heteroatoms. The zero-order valence-electron chi connectivity index (χ0n) is 16.0. The van der Waals surface area contributed by atoms with Crippen LogP contribution in [-0.4, -0.2) is 27.0 Å². The molecule has 148 valence electrons. The number of hydrogen-bond acceptors (Lipinski definition) is 5. The number of fused-ring (bicyclic) bond motifs is 3. The monoisotopic (exact) mass is 398 g/mol. The molecular weight excluding hydrogens is 380 g/mol. The van der Waals surface area contributed by atoms with Crippen molar-refractivity contribution in [2.45, 2.75) is 12.7 Å². The number of carbonyl (C=O) groups excluding carboxylic acids is 1. The van der Waals surface area contributed by atoms with Gasteiger partial charge in [0.2, 0.25) is 6.79 Å². The van der Waals surface area contributed by atoms with Gasteiger partial charge in [-0.25, -0.2) is 4.98 Å². The van der Waals surface area contributed by atoms with Crippen LogP contribution in [0.4, 0.5) is 5.69 Å². The first-order chi connectivity index (χ1) is 14.8. The molecule has 0 spiro atoms. The highest BCUT2D eigenvalue weighted by molar-refractivity contribution is 6.01. The Kier molecular flexibility index (Phi) is 3.67. The van der Waals surface area contributed by atoms with Gasteiger partial charge in [-0.1, -0.05) is 24.3 Å². The summed E-state index contributed by atoms with van der Waals surface area (Å²) in [5, 5.41) is 3.50. The fraction of sp³-hybridized carbons (Fsp3) is 0.130. The maximum atomic E-state index is 13.4. The van der Waals surface area contributed by atoms with Crippen molar-refractivity contribution in [1.82, 2.24) is 14.3 Å². The van der Waals surface area contributed by atoms with Gasteiger partial charge >= 0.3 is 0 Å². The predicted octanol–water partition coefficient (Wildman–Crippen LogP) is 3.83. The van der Waals surface area contributed by atoms with E-state index < -0.39 is 6.17 Å². The van der Waals surface area contributed by atoms with Crippen molar-refractivity contribution in [3.05, 3.63) is 89.9 Å². The molecule has 2 aromatic carbocycles. The second-order valence-electron chi connectivity index (χ2n) is 7.35. The van der Waals surface area contributed by atoms with Crippen LogP contribution in [0.25, 0.3) is 5.65 Å². The Hall–Kier alpha value is -4.00. The summed E-state index contributed by atoms with van der Waals surface area (Å²) >= 11 is 0. The summed E-state index contributed by atoms with van der Waals surface area (Å²) in [5.74, 6) is 1.39. The first-order valence-corrected chi connectivity index (χ1v) is 9.75. The fourth-order valence-electron chi connectivity index (χ4n) is 4.01. The second kappa shape index (κ2) is 6.52. The van der Waals surface area contributed by atoms with E-state index in [2.05, 4.69) is 5.32 Å². The molecule has 0 saturated carbocycles. The van der Waals surface area contributed by atoms with Crippen LogP contribution in [0.3, 0.4) is 0 Å². The van der Waals surface area contributed by atoms with Gasteiger partial charge in [-0.05, 0) is 42.0 Å². The Labute approximate surface area is 172 Å². The number of rotatable bonds is 3. The highest BCUT2D eigenvalue weighted by Crippen LogP contribution is 2.36. The number of aromatic nitrogens is 2. The van der Waals surface area contributed by atoms with Crippen LogP contribution >= 0.6 is 0 Å². The SMILES string of the molecule is O=C1c2ccccc2N[C@H](c2cn3ccccc3n2)N1Cc1ccc2c(c1)OCO2. The normalized spacial score (nSPS) is 17.1. The molecule has 1 N–H and O–H groups in total. The highest BCUT2D eigenvalue weighted by atomic mass is 16.7. The number of nitrogens with zero attached hydrogens (tertiary/aromatic N) is 3. The molecular formula is C23H18N4O3. The molecule has 6 rings (SSSR count). The van der Waals surface area contributed by atoms with Gasteiger partial charge in [0.05, 0.1) is 5.56 Å². The van der Waals surface area contributed by atoms with E-state index in [1.54, 1.807) is 0 Å². The minimum absolute atomic E-state index is 0.0379. The molecule has 4 heterocycles. The molecule has 1 atom stereocenters. The molecule has 0 bridgehead atoms. The molecule has 2 aliphatic rings. The van der Waals surface area contributed by atoms with Gasteiger partial charge < -0.3 is 24.1 Å². The summed E-state index contributed by atoms with van der Waals surface area (Å²) in [4.78, 5) is 20.0. The van der Waals surface area contributed by atoms with Crippen LogP contribution in [-0.2, 0) is 6.54 Å². The maximum Gasteiger partial charge on any atom is 0.258 e. The lowest BCUT2D eigenvalue weighted by Gasteiger charge is -2.37. The van der Waals surface area contributed by atoms with E-state index in [-0.39, 0.29) is 12.7 Å². The molecule has 1 amide bonds. The van der Waals surface area contributed by atoms with Gasteiger partial charge in [0.15, 0.2) is 11.5 Å². The number of nitrogens with one attached hydrogen (secondary N) is 1. The van der Waals surface area contributed by atoms with Crippen molar-refractivity contribution >= 4 is 17.2 Å². The van der Waals surface area contributed by atoms with E-state index in [1.165, 1.54) is 0 Å². The van der Waals surface area contributed by atoms with Crippen LogP contribution in [0, 0.1) is 0 Å². The van der Waals surface area contributed by atoms with Crippen LogP contribution in [0.2, 0.25) is 0 Å². The topological polar surface area (TPSA) is 68.1 Å². The number of imidazole rings is 1. The highest BCUT2D eigenvalue weighted by Gasteiger charge is 2.34. The Morgan fingerprint density at radius 3 is 2.83 bits per heavy atom. The third-order valence-electron chi connectivity index (χ3n) is 5.47. The van der Waals surface area contributed by atoms with E-state index in [0.717, 1.165) is 28.3 Å². The van der Waals surface area contributed by atoms with E-state index >= 15 is 0 Å². The molecule has 0 radical (unpaired) electrons. The van der Waals surface area contributed by atoms with Crippen molar-refractivity contribution in [2.24, 2.45) is 0 Å². The summed E-state index contributed by atoms with van der Waals surface area (Å²) in [6.45, 7) is 0.635. The van der Waals surface area contributed by atoms with Crippen molar-refractivity contribution in [2.75, 3.05) is 12.1 Å². The summed E-state index contributed by atoms with van der Waals surface area (Å²) < 4.78 is 12.9. The lowest BCUT2D eigenvalue weighted by atomic mass is 10.0. The summed E-state index contributed by atoms with van der Waals surface area (Å²) in [6.07, 6.45) is 3.52. The minimum Gasteiger partial charge on any atom is -0.454 e. The van der Waals surface area contributed by atoms with E-state index in [1.807, 2.05) is 82.4 Å². The van der Waals surface area contributed by atoms with Crippen LogP contribution in [0.1, 0.15) is 27.8 Å². The Bertz CT molecular complexity index is 1250. The molecule has 7 nitrogen and oxygen atoms in total. The van der Waals surface area contributed by atoms with Crippen LogP contribution in [0.15, 0.2) is 73.1 Å². The van der Waals surface area contributed by atoms with Gasteiger partial charge in [-0.15, -0.1) is 0 Å². The van der Waals surface area contributed by atoms with Crippen LogP contribution < -0.4 is 14.8 Å². The number of carbonyl (C=O) groups is 1. The lowest BCUT2D eigenvalue weighted by Crippen LogP contribution is -2.42. The number of amides is 1.